The molecule has 1 amide bonds. The molecule has 0 saturated carbocycles. The number of aromatic nitrogens is 2. The maximum Gasteiger partial charge on any atom is 0.229 e. The van der Waals surface area contributed by atoms with E-state index in [0.717, 1.165) is 22.8 Å². The zero-order valence-electron chi connectivity index (χ0n) is 24.0. The van der Waals surface area contributed by atoms with Crippen LogP contribution in [-0.4, -0.2) is 27.7 Å². The third-order valence-corrected chi connectivity index (χ3v) is 7.90. The highest BCUT2D eigenvalue weighted by Crippen LogP contribution is 2.44. The number of ether oxygens (including phenoxy) is 1. The van der Waals surface area contributed by atoms with E-state index in [1.165, 1.54) is 10.8 Å². The van der Waals surface area contributed by atoms with Crippen LogP contribution >= 0.6 is 12.2 Å². The van der Waals surface area contributed by atoms with Crippen molar-refractivity contribution in [3.63, 3.8) is 0 Å². The molecule has 2 atom stereocenters. The number of amides is 1. The molecule has 1 fully saturated rings. The van der Waals surface area contributed by atoms with E-state index in [2.05, 4.69) is 80.9 Å². The largest absolute Gasteiger partial charge is 0.494 e. The topological polar surface area (TPSA) is 71.4 Å². The number of methoxy groups -OCH3 is 1. The number of benzene rings is 3. The number of hydrogen-bond donors (Lipinski definition) is 2. The average Bonchev–Trinajstić information content (AvgIpc) is 3.61. The Hall–Kier alpha value is -4.69. The van der Waals surface area contributed by atoms with Gasteiger partial charge in [-0.05, 0) is 71.5 Å². The molecule has 8 heteroatoms. The minimum absolute atomic E-state index is 0.0896. The Morgan fingerprint density at radius 3 is 2.43 bits per heavy atom. The van der Waals surface area contributed by atoms with Crippen LogP contribution in [0.2, 0.25) is 0 Å². The van der Waals surface area contributed by atoms with E-state index in [1.54, 1.807) is 13.3 Å². The summed E-state index contributed by atoms with van der Waals surface area (Å²) in [4.78, 5) is 19.5. The standard InChI is InChI=1S/C34H33N5O2S/c1-34(2,3)32(40)36-26-17-16-25(21-29(26)41-4)39-31(30(37-33(39)42)27-12-7-8-18-35-27)28-13-9-19-38(28)24-15-14-22-10-5-6-11-23(22)20-24/h5-21,30-31H,1-4H3,(H,36,40)(H,37,42)/t30-,31+/m0/s1. The minimum atomic E-state index is -0.542. The summed E-state index contributed by atoms with van der Waals surface area (Å²) in [6.45, 7) is 5.64. The van der Waals surface area contributed by atoms with Gasteiger partial charge in [-0.3, -0.25) is 9.78 Å². The summed E-state index contributed by atoms with van der Waals surface area (Å²) in [5.74, 6) is 0.464. The molecule has 5 aromatic rings. The highest BCUT2D eigenvalue weighted by Gasteiger charge is 2.42. The van der Waals surface area contributed by atoms with Gasteiger partial charge in [0.1, 0.15) is 11.8 Å². The quantitative estimate of drug-likeness (QED) is 0.209. The first-order valence-electron chi connectivity index (χ1n) is 13.9. The lowest BCUT2D eigenvalue weighted by molar-refractivity contribution is -0.123. The minimum Gasteiger partial charge on any atom is -0.494 e. The van der Waals surface area contributed by atoms with Crippen molar-refractivity contribution in [1.82, 2.24) is 14.9 Å². The Labute approximate surface area is 251 Å². The average molecular weight is 576 g/mol. The second-order valence-electron chi connectivity index (χ2n) is 11.4. The van der Waals surface area contributed by atoms with E-state index in [0.29, 0.717) is 16.5 Å². The van der Waals surface area contributed by atoms with Crippen molar-refractivity contribution < 1.29 is 9.53 Å². The molecule has 0 bridgehead atoms. The lowest BCUT2D eigenvalue weighted by Gasteiger charge is -2.29. The second-order valence-corrected chi connectivity index (χ2v) is 11.8. The number of carbonyl (C=O) groups excluding carboxylic acids is 1. The van der Waals surface area contributed by atoms with Crippen molar-refractivity contribution in [3.05, 3.63) is 115 Å². The SMILES string of the molecule is COc1cc(N2C(=S)N[C@@H](c3ccccn3)[C@H]2c2cccn2-c2ccc3ccccc3c2)ccc1NC(=O)C(C)(C)C. The van der Waals surface area contributed by atoms with Crippen LogP contribution in [0.4, 0.5) is 11.4 Å². The van der Waals surface area contributed by atoms with Gasteiger partial charge in [-0.2, -0.15) is 0 Å². The Balaban J connectivity index is 1.46. The Morgan fingerprint density at radius 1 is 0.929 bits per heavy atom. The lowest BCUT2D eigenvalue weighted by atomic mass is 9.95. The normalized spacial score (nSPS) is 16.9. The van der Waals surface area contributed by atoms with Crippen LogP contribution in [-0.2, 0) is 4.79 Å². The van der Waals surface area contributed by atoms with E-state index >= 15 is 0 Å². The molecule has 0 spiro atoms. The first-order valence-corrected chi connectivity index (χ1v) is 14.3. The summed E-state index contributed by atoms with van der Waals surface area (Å²) in [5, 5.41) is 9.49. The summed E-state index contributed by atoms with van der Waals surface area (Å²) in [7, 11) is 1.60. The van der Waals surface area contributed by atoms with Crippen LogP contribution < -0.4 is 20.3 Å². The fourth-order valence-electron chi connectivity index (χ4n) is 5.37. The Morgan fingerprint density at radius 2 is 1.69 bits per heavy atom. The zero-order chi connectivity index (χ0) is 29.4. The summed E-state index contributed by atoms with van der Waals surface area (Å²) >= 11 is 5.97. The molecule has 2 N–H and O–H groups in total. The van der Waals surface area contributed by atoms with Gasteiger partial charge in [0.2, 0.25) is 5.91 Å². The molecule has 0 radical (unpaired) electrons. The van der Waals surface area contributed by atoms with Crippen molar-refractivity contribution in [1.29, 1.82) is 0 Å². The second kappa shape index (κ2) is 10.9. The third kappa shape index (κ3) is 5.10. The first-order chi connectivity index (χ1) is 20.2. The number of hydrogen-bond acceptors (Lipinski definition) is 4. The van der Waals surface area contributed by atoms with Crippen LogP contribution in [0.3, 0.4) is 0 Å². The number of nitrogens with zero attached hydrogens (tertiary/aromatic N) is 3. The molecule has 212 valence electrons. The number of fused-ring (bicyclic) bond motifs is 1. The van der Waals surface area contributed by atoms with E-state index in [4.69, 9.17) is 21.9 Å². The van der Waals surface area contributed by atoms with Crippen LogP contribution in [0.1, 0.15) is 44.2 Å². The fourth-order valence-corrected chi connectivity index (χ4v) is 5.72. The fraction of sp³-hybridized carbons (Fsp3) is 0.206. The molecule has 0 unspecified atom stereocenters. The molecule has 1 saturated heterocycles. The van der Waals surface area contributed by atoms with Crippen molar-refractivity contribution >= 4 is 45.4 Å². The Kier molecular flexibility index (Phi) is 7.16. The van der Waals surface area contributed by atoms with Gasteiger partial charge in [-0.1, -0.05) is 57.2 Å². The van der Waals surface area contributed by atoms with Gasteiger partial charge in [0.15, 0.2) is 5.11 Å². The number of nitrogens with one attached hydrogen (secondary N) is 2. The third-order valence-electron chi connectivity index (χ3n) is 7.59. The van der Waals surface area contributed by atoms with Crippen LogP contribution in [0.15, 0.2) is 103 Å². The Bertz CT molecular complexity index is 1780. The van der Waals surface area contributed by atoms with Gasteiger partial charge < -0.3 is 24.8 Å². The molecule has 6 rings (SSSR count). The number of carbonyl (C=O) groups is 1. The van der Waals surface area contributed by atoms with Crippen LogP contribution in [0.5, 0.6) is 5.75 Å². The molecule has 1 aliphatic rings. The van der Waals surface area contributed by atoms with Gasteiger partial charge >= 0.3 is 0 Å². The number of thiocarbonyl (C=S) groups is 1. The monoisotopic (exact) mass is 575 g/mol. The van der Waals surface area contributed by atoms with Crippen LogP contribution in [0.25, 0.3) is 16.5 Å². The summed E-state index contributed by atoms with van der Waals surface area (Å²) in [5.41, 5.74) is 3.91. The number of anilines is 2. The molecule has 0 aliphatic carbocycles. The van der Waals surface area contributed by atoms with Gasteiger partial charge in [-0.25, -0.2) is 0 Å². The first kappa shape index (κ1) is 27.5. The number of pyridine rings is 1. The molecule has 42 heavy (non-hydrogen) atoms. The lowest BCUT2D eigenvalue weighted by Crippen LogP contribution is -2.30. The maximum absolute atomic E-state index is 12.7. The predicted octanol–water partition coefficient (Wildman–Crippen LogP) is 7.20. The molecule has 7 nitrogen and oxygen atoms in total. The maximum atomic E-state index is 12.7. The molecule has 1 aliphatic heterocycles. The number of rotatable bonds is 6. The van der Waals surface area contributed by atoms with Crippen molar-refractivity contribution in [2.45, 2.75) is 32.9 Å². The van der Waals surface area contributed by atoms with Gasteiger partial charge in [-0.15, -0.1) is 0 Å². The molecule has 3 heterocycles. The van der Waals surface area contributed by atoms with Crippen molar-refractivity contribution in [3.8, 4) is 11.4 Å². The highest BCUT2D eigenvalue weighted by atomic mass is 32.1. The van der Waals surface area contributed by atoms with Gasteiger partial charge in [0, 0.05) is 40.9 Å². The zero-order valence-corrected chi connectivity index (χ0v) is 24.9. The van der Waals surface area contributed by atoms with Gasteiger partial charge in [0.25, 0.3) is 0 Å². The van der Waals surface area contributed by atoms with E-state index in [1.807, 2.05) is 57.2 Å². The van der Waals surface area contributed by atoms with Gasteiger partial charge in [0.05, 0.1) is 24.5 Å². The van der Waals surface area contributed by atoms with E-state index < -0.39 is 5.41 Å². The van der Waals surface area contributed by atoms with Crippen molar-refractivity contribution in [2.24, 2.45) is 5.41 Å². The van der Waals surface area contributed by atoms with Crippen molar-refractivity contribution in [2.75, 3.05) is 17.3 Å². The van der Waals surface area contributed by atoms with E-state index in [-0.39, 0.29) is 18.0 Å². The predicted molar refractivity (Wildman–Crippen MR) is 172 cm³/mol. The molecular weight excluding hydrogens is 542 g/mol. The van der Waals surface area contributed by atoms with E-state index in [9.17, 15) is 4.79 Å². The summed E-state index contributed by atoms with van der Waals surface area (Å²) < 4.78 is 7.96. The molecule has 2 aromatic heterocycles. The summed E-state index contributed by atoms with van der Waals surface area (Å²) in [6.07, 6.45) is 3.89. The molecular formula is C34H33N5O2S. The van der Waals surface area contributed by atoms with Crippen LogP contribution in [0, 0.1) is 5.41 Å². The molecule has 3 aromatic carbocycles. The highest BCUT2D eigenvalue weighted by molar-refractivity contribution is 7.80. The summed E-state index contributed by atoms with van der Waals surface area (Å²) in [6, 6.07) is 30.3. The smallest absolute Gasteiger partial charge is 0.229 e.